The average molecular weight is 365 g/mol. The van der Waals surface area contributed by atoms with Crippen molar-refractivity contribution in [2.75, 3.05) is 0 Å². The fourth-order valence-corrected chi connectivity index (χ4v) is 12.2. The van der Waals surface area contributed by atoms with Crippen molar-refractivity contribution in [1.82, 2.24) is 4.34 Å². The van der Waals surface area contributed by atoms with Crippen LogP contribution in [0.25, 0.3) is 0 Å². The molecule has 1 rings (SSSR count). The lowest BCUT2D eigenvalue weighted by Crippen LogP contribution is -2.56. The van der Waals surface area contributed by atoms with Gasteiger partial charge in [-0.3, -0.25) is 0 Å². The quantitative estimate of drug-likeness (QED) is 0.217. The third-order valence-electron chi connectivity index (χ3n) is 2.47. The van der Waals surface area contributed by atoms with Gasteiger partial charge in [-0.2, -0.15) is 5.10 Å². The third-order valence-corrected chi connectivity index (χ3v) is 10.5. The second-order valence-electron chi connectivity index (χ2n) is 6.56. The summed E-state index contributed by atoms with van der Waals surface area (Å²) in [6.07, 6.45) is 0. The predicted octanol–water partition coefficient (Wildman–Crippen LogP) is 5.91. The van der Waals surface area contributed by atoms with E-state index in [0.717, 1.165) is 9.92 Å². The zero-order valence-electron chi connectivity index (χ0n) is 12.9. The standard InChI is InChI=1S/C13H22Cl2N2SSi2/c1-19(2,3)17(20(4,5)6)16-13(15)18-12-9-7-11(14)8-10-12/h7-10H,1-6H3/b16-13+. The largest absolute Gasteiger partial charge is 0.348 e. The van der Waals surface area contributed by atoms with Gasteiger partial charge in [0.05, 0.1) is 0 Å². The molecule has 0 unspecified atom stereocenters. The Kier molecular flexibility index (Phi) is 6.22. The van der Waals surface area contributed by atoms with Crippen molar-refractivity contribution in [1.29, 1.82) is 0 Å². The van der Waals surface area contributed by atoms with Gasteiger partial charge in [0.1, 0.15) is 0 Å². The van der Waals surface area contributed by atoms with Crippen LogP contribution < -0.4 is 0 Å². The van der Waals surface area contributed by atoms with Crippen LogP contribution in [0.5, 0.6) is 0 Å². The molecule has 2 nitrogen and oxygen atoms in total. The SMILES string of the molecule is C[Si](C)(C)N(/N=C(\Cl)Sc1ccc(Cl)cc1)[Si](C)(C)C. The molecule has 0 bridgehead atoms. The zero-order valence-corrected chi connectivity index (χ0v) is 17.2. The molecule has 0 heterocycles. The predicted molar refractivity (Wildman–Crippen MR) is 99.1 cm³/mol. The van der Waals surface area contributed by atoms with Gasteiger partial charge >= 0.3 is 0 Å². The van der Waals surface area contributed by atoms with Gasteiger partial charge in [0.25, 0.3) is 0 Å². The van der Waals surface area contributed by atoms with Crippen molar-refractivity contribution in [2.45, 2.75) is 44.2 Å². The number of rotatable bonds is 4. The van der Waals surface area contributed by atoms with Crippen LogP contribution in [0.1, 0.15) is 0 Å². The molecule has 1 aromatic carbocycles. The maximum atomic E-state index is 6.34. The van der Waals surface area contributed by atoms with Gasteiger partial charge in [-0.25, -0.2) is 0 Å². The molecule has 0 aliphatic heterocycles. The van der Waals surface area contributed by atoms with Gasteiger partial charge < -0.3 is 4.34 Å². The Labute approximate surface area is 138 Å². The molecule has 0 saturated heterocycles. The molecule has 0 fully saturated rings. The van der Waals surface area contributed by atoms with E-state index in [4.69, 9.17) is 28.3 Å². The summed E-state index contributed by atoms with van der Waals surface area (Å²) < 4.78 is 2.88. The van der Waals surface area contributed by atoms with E-state index in [9.17, 15) is 0 Å². The Morgan fingerprint density at radius 2 is 1.45 bits per heavy atom. The molecule has 7 heteroatoms. The molecule has 0 radical (unpaired) electrons. The molecule has 112 valence electrons. The molecule has 0 aromatic heterocycles. The fourth-order valence-electron chi connectivity index (χ4n) is 2.01. The van der Waals surface area contributed by atoms with Crippen molar-refractivity contribution in [3.8, 4) is 0 Å². The molecule has 0 aliphatic rings. The number of thioether (sulfide) groups is 1. The summed E-state index contributed by atoms with van der Waals surface area (Å²) in [5.41, 5.74) is 0. The first-order valence-electron chi connectivity index (χ1n) is 6.48. The minimum atomic E-state index is -1.52. The fraction of sp³-hybridized carbons (Fsp3) is 0.462. The topological polar surface area (TPSA) is 15.6 Å². The van der Waals surface area contributed by atoms with Crippen LogP contribution in [0.3, 0.4) is 0 Å². The van der Waals surface area contributed by atoms with E-state index >= 15 is 0 Å². The zero-order chi connectivity index (χ0) is 15.6. The van der Waals surface area contributed by atoms with Crippen molar-refractivity contribution < 1.29 is 0 Å². The Bertz CT molecular complexity index is 465. The smallest absolute Gasteiger partial charge is 0.185 e. The maximum absolute atomic E-state index is 6.34. The first-order chi connectivity index (χ1) is 9.00. The minimum absolute atomic E-state index is 0.567. The summed E-state index contributed by atoms with van der Waals surface area (Å²) >= 11 is 13.7. The Morgan fingerprint density at radius 1 is 1.00 bits per heavy atom. The average Bonchev–Trinajstić information content (AvgIpc) is 2.26. The number of hydrogen-bond acceptors (Lipinski definition) is 3. The molecule has 1 aromatic rings. The highest BCUT2D eigenvalue weighted by molar-refractivity contribution is 8.16. The molecule has 0 N–H and O–H groups in total. The first kappa shape index (κ1) is 18.1. The Hall–Kier alpha value is 0.0538. The molecule has 0 saturated carbocycles. The van der Waals surface area contributed by atoms with Crippen LogP contribution in [0, 0.1) is 0 Å². The number of benzene rings is 1. The summed E-state index contributed by atoms with van der Waals surface area (Å²) in [5, 5.41) is 5.44. The first-order valence-corrected chi connectivity index (χ1v) is 14.9. The highest BCUT2D eigenvalue weighted by Gasteiger charge is 2.34. The molecule has 0 spiro atoms. The summed E-state index contributed by atoms with van der Waals surface area (Å²) in [5.74, 6) is 0. The number of halogens is 2. The van der Waals surface area contributed by atoms with Crippen LogP contribution in [0.2, 0.25) is 44.3 Å². The lowest BCUT2D eigenvalue weighted by Gasteiger charge is -2.41. The van der Waals surface area contributed by atoms with Gasteiger partial charge in [0.2, 0.25) is 0 Å². The van der Waals surface area contributed by atoms with E-state index < -0.39 is 16.5 Å². The molecule has 0 atom stereocenters. The lowest BCUT2D eigenvalue weighted by molar-refractivity contribution is 0.672. The second-order valence-corrected chi connectivity index (χ2v) is 18.6. The van der Waals surface area contributed by atoms with E-state index in [1.54, 1.807) is 0 Å². The normalized spacial score (nSPS) is 13.5. The van der Waals surface area contributed by atoms with Crippen molar-refractivity contribution in [2.24, 2.45) is 5.10 Å². The van der Waals surface area contributed by atoms with E-state index in [1.165, 1.54) is 11.8 Å². The maximum Gasteiger partial charge on any atom is 0.185 e. The van der Waals surface area contributed by atoms with Gasteiger partial charge in [-0.1, -0.05) is 74.2 Å². The van der Waals surface area contributed by atoms with E-state index in [2.05, 4.69) is 43.6 Å². The highest BCUT2D eigenvalue weighted by atomic mass is 35.5. The van der Waals surface area contributed by atoms with Crippen molar-refractivity contribution >= 4 is 55.9 Å². The highest BCUT2D eigenvalue weighted by Crippen LogP contribution is 2.27. The number of nitrogens with zero attached hydrogens (tertiary/aromatic N) is 2. The number of hydrazone groups is 1. The van der Waals surface area contributed by atoms with E-state index in [1.807, 2.05) is 24.3 Å². The Balaban J connectivity index is 2.92. The summed E-state index contributed by atoms with van der Waals surface area (Å²) in [6.45, 7) is 13.8. The van der Waals surface area contributed by atoms with Crippen LogP contribution in [0.15, 0.2) is 34.3 Å². The van der Waals surface area contributed by atoms with E-state index in [0.29, 0.717) is 4.50 Å². The molecular weight excluding hydrogens is 343 g/mol. The van der Waals surface area contributed by atoms with Gasteiger partial charge in [-0.05, 0) is 24.3 Å². The minimum Gasteiger partial charge on any atom is -0.348 e. The summed E-state index contributed by atoms with van der Waals surface area (Å²) in [6, 6.07) is 7.64. The lowest BCUT2D eigenvalue weighted by atomic mass is 10.4. The molecule has 0 amide bonds. The van der Waals surface area contributed by atoms with Gasteiger partial charge in [0, 0.05) is 9.92 Å². The van der Waals surface area contributed by atoms with Gasteiger partial charge in [0.15, 0.2) is 21.0 Å². The Morgan fingerprint density at radius 3 is 1.85 bits per heavy atom. The molecule has 20 heavy (non-hydrogen) atoms. The molecule has 0 aliphatic carbocycles. The van der Waals surface area contributed by atoms with E-state index in [-0.39, 0.29) is 0 Å². The van der Waals surface area contributed by atoms with Crippen molar-refractivity contribution in [3.05, 3.63) is 29.3 Å². The molecular formula is C13H22Cl2N2SSi2. The second kappa shape index (κ2) is 6.88. The monoisotopic (exact) mass is 364 g/mol. The summed E-state index contributed by atoms with van der Waals surface area (Å²) in [7, 11) is -3.04. The van der Waals surface area contributed by atoms with Crippen LogP contribution in [0.4, 0.5) is 0 Å². The van der Waals surface area contributed by atoms with Gasteiger partial charge in [-0.15, -0.1) is 0 Å². The third kappa shape index (κ3) is 5.81. The van der Waals surface area contributed by atoms with Crippen LogP contribution in [-0.2, 0) is 0 Å². The van der Waals surface area contributed by atoms with Crippen molar-refractivity contribution in [3.63, 3.8) is 0 Å². The summed E-state index contributed by atoms with van der Waals surface area (Å²) in [4.78, 5) is 1.05. The van der Waals surface area contributed by atoms with Crippen LogP contribution in [-0.4, -0.2) is 25.3 Å². The number of hydrogen-bond donors (Lipinski definition) is 0. The van der Waals surface area contributed by atoms with Crippen LogP contribution >= 0.6 is 35.0 Å².